The van der Waals surface area contributed by atoms with E-state index in [1.807, 2.05) is 18.2 Å². The molecule has 0 unspecified atom stereocenters. The zero-order valence-corrected chi connectivity index (χ0v) is 12.9. The highest BCUT2D eigenvalue weighted by Gasteiger charge is 2.43. The Kier molecular flexibility index (Phi) is 4.12. The van der Waals surface area contributed by atoms with Gasteiger partial charge in [-0.15, -0.1) is 0 Å². The first-order chi connectivity index (χ1) is 10.1. The third kappa shape index (κ3) is 2.89. The van der Waals surface area contributed by atoms with Crippen LogP contribution >= 0.6 is 11.6 Å². The van der Waals surface area contributed by atoms with Gasteiger partial charge in [-0.25, -0.2) is 0 Å². The summed E-state index contributed by atoms with van der Waals surface area (Å²) in [5, 5.41) is 10.3. The van der Waals surface area contributed by atoms with Crippen LogP contribution in [0.15, 0.2) is 18.2 Å². The van der Waals surface area contributed by atoms with Gasteiger partial charge >= 0.3 is 5.97 Å². The second kappa shape index (κ2) is 5.88. The molecule has 0 amide bonds. The first kappa shape index (κ1) is 14.7. The monoisotopic (exact) mass is 308 g/mol. The lowest BCUT2D eigenvalue weighted by Crippen LogP contribution is -2.38. The molecule has 4 heteroatoms. The number of carboxylic acids is 1. The Balaban J connectivity index is 1.91. The van der Waals surface area contributed by atoms with Gasteiger partial charge in [-0.3, -0.25) is 4.79 Å². The number of rotatable bonds is 5. The van der Waals surface area contributed by atoms with E-state index in [4.69, 9.17) is 16.3 Å². The maximum absolute atomic E-state index is 11.9. The van der Waals surface area contributed by atoms with E-state index in [9.17, 15) is 9.90 Å². The Bertz CT molecular complexity index is 531. The van der Waals surface area contributed by atoms with Crippen molar-refractivity contribution in [1.29, 1.82) is 0 Å². The van der Waals surface area contributed by atoms with E-state index in [0.717, 1.165) is 24.8 Å². The number of benzene rings is 1. The van der Waals surface area contributed by atoms with E-state index in [-0.39, 0.29) is 0 Å². The molecule has 1 aromatic rings. The number of carboxylic acid groups (broad SMARTS) is 1. The Morgan fingerprint density at radius 1 is 1.29 bits per heavy atom. The van der Waals surface area contributed by atoms with Crippen molar-refractivity contribution in [3.63, 3.8) is 0 Å². The number of halogens is 1. The molecule has 0 atom stereocenters. The van der Waals surface area contributed by atoms with Crippen molar-refractivity contribution in [2.75, 3.05) is 6.61 Å². The van der Waals surface area contributed by atoms with E-state index < -0.39 is 11.4 Å². The third-order valence-electron chi connectivity index (χ3n) is 4.77. The van der Waals surface area contributed by atoms with Gasteiger partial charge in [-0.05, 0) is 43.2 Å². The van der Waals surface area contributed by atoms with E-state index in [2.05, 4.69) is 0 Å². The predicted molar refractivity (Wildman–Crippen MR) is 82.1 cm³/mol. The minimum Gasteiger partial charge on any atom is -0.492 e. The van der Waals surface area contributed by atoms with E-state index in [1.54, 1.807) is 0 Å². The molecular weight excluding hydrogens is 288 g/mol. The minimum absolute atomic E-state index is 0.488. The molecule has 0 bridgehead atoms. The number of carbonyl (C=O) groups is 1. The van der Waals surface area contributed by atoms with Crippen LogP contribution in [0.5, 0.6) is 5.75 Å². The summed E-state index contributed by atoms with van der Waals surface area (Å²) < 4.78 is 5.79. The first-order valence-corrected chi connectivity index (χ1v) is 8.16. The molecular formula is C17H21ClO3. The highest BCUT2D eigenvalue weighted by Crippen LogP contribution is 2.45. The molecule has 0 saturated heterocycles. The summed E-state index contributed by atoms with van der Waals surface area (Å²) in [4.78, 5) is 11.9. The van der Waals surface area contributed by atoms with Gasteiger partial charge in [-0.2, -0.15) is 0 Å². The Morgan fingerprint density at radius 2 is 2.00 bits per heavy atom. The Hall–Kier alpha value is -1.22. The lowest BCUT2D eigenvalue weighted by Gasteiger charge is -2.34. The fourth-order valence-electron chi connectivity index (χ4n) is 3.24. The summed E-state index contributed by atoms with van der Waals surface area (Å²) in [5.74, 6) is 0.517. The molecule has 2 saturated carbocycles. The zero-order valence-electron chi connectivity index (χ0n) is 12.1. The molecule has 114 valence electrons. The molecule has 2 aliphatic rings. The molecule has 2 aliphatic carbocycles. The second-order valence-electron chi connectivity index (χ2n) is 6.32. The molecule has 21 heavy (non-hydrogen) atoms. The number of hydrogen-bond donors (Lipinski definition) is 1. The fraction of sp³-hybridized carbons (Fsp3) is 0.588. The molecule has 0 aliphatic heterocycles. The average Bonchev–Trinajstić information content (AvgIpc) is 3.31. The van der Waals surface area contributed by atoms with Crippen LogP contribution in [0.4, 0.5) is 0 Å². The summed E-state index contributed by atoms with van der Waals surface area (Å²) in [6, 6.07) is 5.56. The zero-order chi connectivity index (χ0) is 14.9. The van der Waals surface area contributed by atoms with Crippen molar-refractivity contribution in [3.05, 3.63) is 28.8 Å². The summed E-state index contributed by atoms with van der Waals surface area (Å²) in [6.45, 7) is 0.684. The van der Waals surface area contributed by atoms with Crippen LogP contribution in [0.1, 0.15) is 50.5 Å². The maximum atomic E-state index is 11.9. The van der Waals surface area contributed by atoms with Gasteiger partial charge in [0.05, 0.1) is 17.0 Å². The van der Waals surface area contributed by atoms with Crippen molar-refractivity contribution >= 4 is 17.6 Å². The van der Waals surface area contributed by atoms with Crippen LogP contribution < -0.4 is 4.74 Å². The third-order valence-corrected chi connectivity index (χ3v) is 5.16. The smallest absolute Gasteiger partial charge is 0.314 e. The number of aliphatic carboxylic acids is 1. The van der Waals surface area contributed by atoms with Crippen molar-refractivity contribution in [1.82, 2.24) is 0 Å². The van der Waals surface area contributed by atoms with E-state index in [1.165, 1.54) is 12.8 Å². The highest BCUT2D eigenvalue weighted by atomic mass is 35.5. The van der Waals surface area contributed by atoms with Gasteiger partial charge in [0.15, 0.2) is 0 Å². The quantitative estimate of drug-likeness (QED) is 0.876. The van der Waals surface area contributed by atoms with Crippen LogP contribution in [-0.2, 0) is 10.2 Å². The molecule has 3 rings (SSSR count). The van der Waals surface area contributed by atoms with Crippen LogP contribution in [0.25, 0.3) is 0 Å². The summed E-state index contributed by atoms with van der Waals surface area (Å²) in [6.07, 6.45) is 6.74. The van der Waals surface area contributed by atoms with Crippen LogP contribution in [0.2, 0.25) is 5.02 Å². The van der Waals surface area contributed by atoms with Crippen LogP contribution in [0, 0.1) is 5.92 Å². The summed E-state index contributed by atoms with van der Waals surface area (Å²) >= 11 is 6.49. The Morgan fingerprint density at radius 3 is 2.62 bits per heavy atom. The highest BCUT2D eigenvalue weighted by molar-refractivity contribution is 6.33. The maximum Gasteiger partial charge on any atom is 0.314 e. The van der Waals surface area contributed by atoms with E-state index >= 15 is 0 Å². The van der Waals surface area contributed by atoms with Gasteiger partial charge in [0.1, 0.15) is 5.75 Å². The molecule has 0 radical (unpaired) electrons. The largest absolute Gasteiger partial charge is 0.492 e. The van der Waals surface area contributed by atoms with Crippen molar-refractivity contribution in [3.8, 4) is 5.75 Å². The minimum atomic E-state index is -0.839. The van der Waals surface area contributed by atoms with Crippen molar-refractivity contribution in [2.45, 2.75) is 50.4 Å². The van der Waals surface area contributed by atoms with Gasteiger partial charge < -0.3 is 9.84 Å². The number of hydrogen-bond acceptors (Lipinski definition) is 2. The topological polar surface area (TPSA) is 46.5 Å². The van der Waals surface area contributed by atoms with E-state index in [0.29, 0.717) is 36.1 Å². The molecule has 0 spiro atoms. The average molecular weight is 309 g/mol. The summed E-state index contributed by atoms with van der Waals surface area (Å²) in [5.41, 5.74) is -0.112. The fourth-order valence-corrected chi connectivity index (χ4v) is 3.60. The van der Waals surface area contributed by atoms with Crippen molar-refractivity contribution in [2.24, 2.45) is 5.92 Å². The molecule has 1 aromatic carbocycles. The molecule has 3 nitrogen and oxygen atoms in total. The Labute approximate surface area is 130 Å². The van der Waals surface area contributed by atoms with Gasteiger partial charge in [0.2, 0.25) is 0 Å². The van der Waals surface area contributed by atoms with Crippen LogP contribution in [-0.4, -0.2) is 17.7 Å². The second-order valence-corrected chi connectivity index (χ2v) is 6.70. The molecule has 0 heterocycles. The first-order valence-electron chi connectivity index (χ1n) is 7.79. The molecule has 2 fully saturated rings. The lowest BCUT2D eigenvalue weighted by atomic mass is 9.69. The predicted octanol–water partition coefficient (Wildman–Crippen LogP) is 4.42. The van der Waals surface area contributed by atoms with Gasteiger partial charge in [-0.1, -0.05) is 43.0 Å². The lowest BCUT2D eigenvalue weighted by molar-refractivity contribution is -0.145. The van der Waals surface area contributed by atoms with Crippen molar-refractivity contribution < 1.29 is 14.6 Å². The molecule has 0 aromatic heterocycles. The molecule has 1 N–H and O–H groups in total. The number of ether oxygens (including phenoxy) is 1. The van der Waals surface area contributed by atoms with Crippen LogP contribution in [0.3, 0.4) is 0 Å². The standard InChI is InChI=1S/C17H21ClO3/c18-15-13(17(16(19)20)9-2-1-3-10-17)5-4-6-14(15)21-11-12-7-8-12/h4-6,12H,1-3,7-11H2,(H,19,20). The normalized spacial score (nSPS) is 21.0. The van der Waals surface area contributed by atoms with Gasteiger partial charge in [0.25, 0.3) is 0 Å². The van der Waals surface area contributed by atoms with Gasteiger partial charge in [0, 0.05) is 0 Å². The summed E-state index contributed by atoms with van der Waals surface area (Å²) in [7, 11) is 0. The SMILES string of the molecule is O=C(O)C1(c2cccc(OCC3CC3)c2Cl)CCCCC1.